The van der Waals surface area contributed by atoms with Gasteiger partial charge in [-0.15, -0.1) is 0 Å². The van der Waals surface area contributed by atoms with Gasteiger partial charge in [-0.3, -0.25) is 0 Å². The molecule has 1 aromatic rings. The third kappa shape index (κ3) is 2.50. The molecule has 2 N–H and O–H groups in total. The van der Waals surface area contributed by atoms with E-state index in [1.54, 1.807) is 12.1 Å². The Morgan fingerprint density at radius 1 is 1.44 bits per heavy atom. The lowest BCUT2D eigenvalue weighted by molar-refractivity contribution is 0.0102. The number of hydrogen-bond donors (Lipinski definition) is 1. The van der Waals surface area contributed by atoms with E-state index in [-0.39, 0.29) is 11.0 Å². The number of hydrogen-bond acceptors (Lipinski definition) is 4. The quantitative estimate of drug-likeness (QED) is 0.813. The van der Waals surface area contributed by atoms with E-state index in [1.165, 1.54) is 10.4 Å². The molecule has 5 nitrogen and oxygen atoms in total. The van der Waals surface area contributed by atoms with Crippen molar-refractivity contribution < 1.29 is 13.2 Å². The van der Waals surface area contributed by atoms with Crippen LogP contribution in [0, 0.1) is 6.92 Å². The number of sulfonamides is 1. The van der Waals surface area contributed by atoms with Gasteiger partial charge < -0.3 is 10.5 Å². The summed E-state index contributed by atoms with van der Waals surface area (Å²) in [6.45, 7) is 4.92. The van der Waals surface area contributed by atoms with E-state index in [0.717, 1.165) is 5.56 Å². The molecule has 1 aliphatic heterocycles. The van der Waals surface area contributed by atoms with Crippen molar-refractivity contribution in [3.63, 3.8) is 0 Å². The van der Waals surface area contributed by atoms with Crippen LogP contribution in [0.4, 0.5) is 5.69 Å². The van der Waals surface area contributed by atoms with Crippen molar-refractivity contribution in [1.82, 2.24) is 4.31 Å². The smallest absolute Gasteiger partial charge is 0.243 e. The molecule has 18 heavy (non-hydrogen) atoms. The number of aryl methyl sites for hydroxylation is 1. The topological polar surface area (TPSA) is 72.6 Å². The molecule has 1 fully saturated rings. The minimum atomic E-state index is -3.46. The predicted molar refractivity (Wildman–Crippen MR) is 69.8 cm³/mol. The first-order chi connectivity index (χ1) is 8.41. The maximum atomic E-state index is 12.4. The SMILES string of the molecule is Cc1ccc(S(=O)(=O)N2CCOC(C)C2)cc1N. The molecule has 1 aliphatic rings. The van der Waals surface area contributed by atoms with Gasteiger partial charge in [-0.2, -0.15) is 4.31 Å². The second kappa shape index (κ2) is 4.87. The van der Waals surface area contributed by atoms with Crippen LogP contribution in [0.25, 0.3) is 0 Å². The lowest BCUT2D eigenvalue weighted by atomic mass is 10.2. The first-order valence-electron chi connectivity index (χ1n) is 5.89. The second-order valence-corrected chi connectivity index (χ2v) is 6.50. The number of anilines is 1. The van der Waals surface area contributed by atoms with Gasteiger partial charge >= 0.3 is 0 Å². The van der Waals surface area contributed by atoms with E-state index in [2.05, 4.69) is 0 Å². The zero-order valence-corrected chi connectivity index (χ0v) is 11.4. The first kappa shape index (κ1) is 13.3. The molecule has 0 aromatic heterocycles. The van der Waals surface area contributed by atoms with E-state index in [1.807, 2.05) is 13.8 Å². The van der Waals surface area contributed by atoms with Crippen molar-refractivity contribution in [2.24, 2.45) is 0 Å². The molecule has 1 saturated heterocycles. The van der Waals surface area contributed by atoms with E-state index >= 15 is 0 Å². The van der Waals surface area contributed by atoms with Gasteiger partial charge in [0, 0.05) is 18.8 Å². The molecular weight excluding hydrogens is 252 g/mol. The van der Waals surface area contributed by atoms with E-state index in [4.69, 9.17) is 10.5 Å². The summed E-state index contributed by atoms with van der Waals surface area (Å²) >= 11 is 0. The van der Waals surface area contributed by atoms with Crippen LogP contribution in [0.2, 0.25) is 0 Å². The lowest BCUT2D eigenvalue weighted by Gasteiger charge is -2.30. The Bertz CT molecular complexity index is 542. The predicted octanol–water partition coefficient (Wildman–Crippen LogP) is 0.987. The number of nitrogens with zero attached hydrogens (tertiary/aromatic N) is 1. The zero-order chi connectivity index (χ0) is 13.3. The maximum Gasteiger partial charge on any atom is 0.243 e. The lowest BCUT2D eigenvalue weighted by Crippen LogP contribution is -2.44. The Hall–Kier alpha value is -1.11. The van der Waals surface area contributed by atoms with Gasteiger partial charge in [-0.1, -0.05) is 6.07 Å². The fourth-order valence-corrected chi connectivity index (χ4v) is 3.47. The molecule has 6 heteroatoms. The zero-order valence-electron chi connectivity index (χ0n) is 10.6. The summed E-state index contributed by atoms with van der Waals surface area (Å²) in [6, 6.07) is 4.85. The number of morpholine rings is 1. The molecule has 1 heterocycles. The van der Waals surface area contributed by atoms with Gasteiger partial charge in [0.05, 0.1) is 17.6 Å². The molecule has 0 amide bonds. The van der Waals surface area contributed by atoms with Gasteiger partial charge in [0.25, 0.3) is 0 Å². The maximum absolute atomic E-state index is 12.4. The molecule has 1 unspecified atom stereocenters. The van der Waals surface area contributed by atoms with E-state index in [0.29, 0.717) is 25.4 Å². The van der Waals surface area contributed by atoms with Gasteiger partial charge in [0.15, 0.2) is 0 Å². The number of benzene rings is 1. The van der Waals surface area contributed by atoms with Crippen molar-refractivity contribution in [2.75, 3.05) is 25.4 Å². The van der Waals surface area contributed by atoms with Crippen LogP contribution in [0.1, 0.15) is 12.5 Å². The molecule has 0 aliphatic carbocycles. The third-order valence-corrected chi connectivity index (χ3v) is 4.95. The molecule has 0 saturated carbocycles. The van der Waals surface area contributed by atoms with Gasteiger partial charge in [-0.05, 0) is 31.5 Å². The molecule has 100 valence electrons. The van der Waals surface area contributed by atoms with Gasteiger partial charge in [0.2, 0.25) is 10.0 Å². The average Bonchev–Trinajstić information content (AvgIpc) is 2.32. The summed E-state index contributed by atoms with van der Waals surface area (Å²) in [5, 5.41) is 0. The summed E-state index contributed by atoms with van der Waals surface area (Å²) in [4.78, 5) is 0.250. The molecule has 0 radical (unpaired) electrons. The Morgan fingerprint density at radius 3 is 2.78 bits per heavy atom. The Labute approximate surface area is 108 Å². The Kier molecular flexibility index (Phi) is 3.61. The molecule has 1 atom stereocenters. The summed E-state index contributed by atoms with van der Waals surface area (Å²) in [7, 11) is -3.46. The van der Waals surface area contributed by atoms with Crippen molar-refractivity contribution >= 4 is 15.7 Å². The van der Waals surface area contributed by atoms with Crippen LogP contribution < -0.4 is 5.73 Å². The first-order valence-corrected chi connectivity index (χ1v) is 7.33. The van der Waals surface area contributed by atoms with Crippen molar-refractivity contribution in [3.8, 4) is 0 Å². The van der Waals surface area contributed by atoms with E-state index < -0.39 is 10.0 Å². The normalized spacial score (nSPS) is 22.0. The van der Waals surface area contributed by atoms with Crippen molar-refractivity contribution in [1.29, 1.82) is 0 Å². The molecular formula is C12H18N2O3S. The number of nitrogens with two attached hydrogens (primary N) is 1. The number of nitrogen functional groups attached to an aromatic ring is 1. The highest BCUT2D eigenvalue weighted by Gasteiger charge is 2.29. The fourth-order valence-electron chi connectivity index (χ4n) is 1.93. The summed E-state index contributed by atoms with van der Waals surface area (Å²) < 4.78 is 31.6. The van der Waals surface area contributed by atoms with Crippen LogP contribution in [0.15, 0.2) is 23.1 Å². The molecule has 2 rings (SSSR count). The molecule has 0 bridgehead atoms. The average molecular weight is 270 g/mol. The molecule has 0 spiro atoms. The van der Waals surface area contributed by atoms with Crippen molar-refractivity contribution in [2.45, 2.75) is 24.8 Å². The summed E-state index contributed by atoms with van der Waals surface area (Å²) in [5.74, 6) is 0. The van der Waals surface area contributed by atoms with Crippen LogP contribution in [-0.4, -0.2) is 38.5 Å². The Balaban J connectivity index is 2.32. The summed E-state index contributed by atoms with van der Waals surface area (Å²) in [6.07, 6.45) is -0.0729. The van der Waals surface area contributed by atoms with E-state index in [9.17, 15) is 8.42 Å². The fraction of sp³-hybridized carbons (Fsp3) is 0.500. The number of rotatable bonds is 2. The third-order valence-electron chi connectivity index (χ3n) is 3.09. The van der Waals surface area contributed by atoms with Crippen molar-refractivity contribution in [3.05, 3.63) is 23.8 Å². The van der Waals surface area contributed by atoms with Gasteiger partial charge in [-0.25, -0.2) is 8.42 Å². The van der Waals surface area contributed by atoms with Crippen LogP contribution >= 0.6 is 0 Å². The largest absolute Gasteiger partial charge is 0.398 e. The van der Waals surface area contributed by atoms with Crippen LogP contribution in [0.5, 0.6) is 0 Å². The molecule has 1 aromatic carbocycles. The standard InChI is InChI=1S/C12H18N2O3S/c1-9-3-4-11(7-12(9)13)18(15,16)14-5-6-17-10(2)8-14/h3-4,7,10H,5-6,8,13H2,1-2H3. The highest BCUT2D eigenvalue weighted by atomic mass is 32.2. The highest BCUT2D eigenvalue weighted by Crippen LogP contribution is 2.22. The van der Waals surface area contributed by atoms with Gasteiger partial charge in [0.1, 0.15) is 0 Å². The monoisotopic (exact) mass is 270 g/mol. The Morgan fingerprint density at radius 2 is 2.17 bits per heavy atom. The number of ether oxygens (including phenoxy) is 1. The minimum Gasteiger partial charge on any atom is -0.398 e. The highest BCUT2D eigenvalue weighted by molar-refractivity contribution is 7.89. The van der Waals surface area contributed by atoms with Crippen LogP contribution in [0.3, 0.4) is 0 Å². The second-order valence-electron chi connectivity index (χ2n) is 4.56. The van der Waals surface area contributed by atoms with Crippen LogP contribution in [-0.2, 0) is 14.8 Å². The minimum absolute atomic E-state index is 0.0729. The summed E-state index contributed by atoms with van der Waals surface area (Å²) in [5.41, 5.74) is 7.14.